The summed E-state index contributed by atoms with van der Waals surface area (Å²) in [6.45, 7) is 1.57. The van der Waals surface area contributed by atoms with Crippen LogP contribution in [0, 0.1) is 0 Å². The highest BCUT2D eigenvalue weighted by Crippen LogP contribution is 2.37. The number of aromatic nitrogens is 5. The smallest absolute Gasteiger partial charge is 0.253 e. The van der Waals surface area contributed by atoms with Gasteiger partial charge < -0.3 is 20.9 Å². The molecule has 2 atom stereocenters. The third-order valence-electron chi connectivity index (χ3n) is 4.71. The number of β-lactam (4-membered cyclic amide) rings is 1. The highest BCUT2D eigenvalue weighted by molar-refractivity contribution is 8.01. The van der Waals surface area contributed by atoms with Gasteiger partial charge in [0.15, 0.2) is 5.13 Å². The predicted octanol–water partition coefficient (Wildman–Crippen LogP) is -0.108. The van der Waals surface area contributed by atoms with E-state index in [1.807, 2.05) is 20.3 Å². The number of nitrogens with two attached hydrogens (primary N) is 1. The van der Waals surface area contributed by atoms with Gasteiger partial charge in [-0.05, 0) is 30.1 Å². The van der Waals surface area contributed by atoms with Crippen LogP contribution in [0.5, 0.6) is 0 Å². The maximum absolute atomic E-state index is 12.5. The van der Waals surface area contributed by atoms with Crippen LogP contribution < -0.4 is 11.1 Å². The summed E-state index contributed by atoms with van der Waals surface area (Å²) in [4.78, 5) is 32.7. The molecule has 11 nitrogen and oxygen atoms in total. The second-order valence-electron chi connectivity index (χ2n) is 7.41. The van der Waals surface area contributed by atoms with Crippen LogP contribution in [0.15, 0.2) is 22.3 Å². The molecule has 0 bridgehead atoms. The molecule has 166 valence electrons. The molecule has 4 heterocycles. The number of tetrazole rings is 1. The fourth-order valence-electron chi connectivity index (χ4n) is 3.12. The number of rotatable bonds is 9. The number of nitrogen functional groups attached to an aromatic ring is 1. The molecule has 2 amide bonds. The molecule has 3 N–H and O–H groups in total. The molecule has 2 aliphatic rings. The molecule has 1 saturated heterocycles. The normalized spacial score (nSPS) is 20.4. The lowest BCUT2D eigenvalue weighted by Gasteiger charge is -2.47. The molecule has 0 aliphatic carbocycles. The van der Waals surface area contributed by atoms with Gasteiger partial charge in [0.25, 0.3) is 5.91 Å². The molecule has 31 heavy (non-hydrogen) atoms. The average Bonchev–Trinajstić information content (AvgIpc) is 3.36. The number of thioether (sulfide) groups is 2. The van der Waals surface area contributed by atoms with Crippen LogP contribution in [0.1, 0.15) is 5.69 Å². The molecular weight excluding hydrogens is 458 g/mol. The Labute approximate surface area is 191 Å². The van der Waals surface area contributed by atoms with Crippen molar-refractivity contribution < 1.29 is 9.59 Å². The van der Waals surface area contributed by atoms with Crippen molar-refractivity contribution in [2.45, 2.75) is 29.5 Å². The number of hydrogen-bond acceptors (Lipinski definition) is 11. The summed E-state index contributed by atoms with van der Waals surface area (Å²) in [6, 6.07) is -0.503. The van der Waals surface area contributed by atoms with Crippen molar-refractivity contribution in [3.8, 4) is 0 Å². The van der Waals surface area contributed by atoms with E-state index in [4.69, 9.17) is 5.73 Å². The van der Waals surface area contributed by atoms with E-state index in [0.29, 0.717) is 16.6 Å². The summed E-state index contributed by atoms with van der Waals surface area (Å²) in [5.74, 6) is 1.17. The summed E-state index contributed by atoms with van der Waals surface area (Å²) >= 11 is 4.50. The second-order valence-corrected chi connectivity index (χ2v) is 10.3. The van der Waals surface area contributed by atoms with Crippen molar-refractivity contribution in [2.75, 3.05) is 37.9 Å². The van der Waals surface area contributed by atoms with Crippen molar-refractivity contribution in [1.29, 1.82) is 0 Å². The number of anilines is 1. The van der Waals surface area contributed by atoms with Crippen LogP contribution in [-0.4, -0.2) is 90.4 Å². The van der Waals surface area contributed by atoms with Gasteiger partial charge in [-0.3, -0.25) is 9.59 Å². The molecule has 0 radical (unpaired) electrons. The van der Waals surface area contributed by atoms with E-state index in [-0.39, 0.29) is 23.6 Å². The largest absolute Gasteiger partial charge is 0.375 e. The SMILES string of the molecule is CN(C)CCn1nnnc1SCC1=CN2C(=O)[C@@H](NC(=O)Cc3csc(N)n3)[C@H]2SC1. The Morgan fingerprint density at radius 1 is 1.45 bits per heavy atom. The van der Waals surface area contributed by atoms with E-state index in [1.165, 1.54) is 11.3 Å². The molecule has 2 aliphatic heterocycles. The molecule has 2 aromatic heterocycles. The zero-order chi connectivity index (χ0) is 22.0. The minimum absolute atomic E-state index is 0.0730. The van der Waals surface area contributed by atoms with E-state index < -0.39 is 6.04 Å². The summed E-state index contributed by atoms with van der Waals surface area (Å²) in [5.41, 5.74) is 7.34. The first-order chi connectivity index (χ1) is 14.9. The van der Waals surface area contributed by atoms with Crippen molar-refractivity contribution in [3.63, 3.8) is 0 Å². The zero-order valence-electron chi connectivity index (χ0n) is 17.1. The van der Waals surface area contributed by atoms with Gasteiger partial charge in [-0.1, -0.05) is 11.8 Å². The molecular formula is C17H23N9O2S3. The fraction of sp³-hybridized carbons (Fsp3) is 0.529. The van der Waals surface area contributed by atoms with Crippen LogP contribution in [0.4, 0.5) is 5.13 Å². The lowest BCUT2D eigenvalue weighted by molar-refractivity contribution is -0.144. The first-order valence-corrected chi connectivity index (χ1v) is 12.5. The van der Waals surface area contributed by atoms with Gasteiger partial charge in [0.2, 0.25) is 11.1 Å². The van der Waals surface area contributed by atoms with Gasteiger partial charge in [-0.25, -0.2) is 9.67 Å². The molecule has 0 saturated carbocycles. The van der Waals surface area contributed by atoms with Gasteiger partial charge in [0, 0.05) is 29.6 Å². The Morgan fingerprint density at radius 3 is 3.03 bits per heavy atom. The highest BCUT2D eigenvalue weighted by atomic mass is 32.2. The fourth-order valence-corrected chi connectivity index (χ4v) is 5.94. The monoisotopic (exact) mass is 481 g/mol. The maximum atomic E-state index is 12.5. The number of likely N-dealkylation sites (N-methyl/N-ethyl adjacent to an activating group) is 1. The van der Waals surface area contributed by atoms with E-state index in [0.717, 1.165) is 29.6 Å². The zero-order valence-corrected chi connectivity index (χ0v) is 19.5. The maximum Gasteiger partial charge on any atom is 0.253 e. The summed E-state index contributed by atoms with van der Waals surface area (Å²) in [6.07, 6.45) is 2.02. The topological polar surface area (TPSA) is 135 Å². The highest BCUT2D eigenvalue weighted by Gasteiger charge is 2.49. The Bertz CT molecular complexity index is 989. The van der Waals surface area contributed by atoms with Gasteiger partial charge in [-0.2, -0.15) is 0 Å². The molecule has 14 heteroatoms. The number of fused-ring (bicyclic) bond motifs is 1. The number of nitrogens with zero attached hydrogens (tertiary/aromatic N) is 7. The number of nitrogens with one attached hydrogen (secondary N) is 1. The predicted molar refractivity (Wildman–Crippen MR) is 120 cm³/mol. The average molecular weight is 482 g/mol. The number of hydrogen-bond donors (Lipinski definition) is 2. The summed E-state index contributed by atoms with van der Waals surface area (Å²) in [5, 5.41) is 17.6. The lowest BCUT2D eigenvalue weighted by atomic mass is 10.1. The molecule has 4 rings (SSSR count). The van der Waals surface area contributed by atoms with Crippen LogP contribution in [0.2, 0.25) is 0 Å². The summed E-state index contributed by atoms with van der Waals surface area (Å²) in [7, 11) is 4.01. The second kappa shape index (κ2) is 9.54. The van der Waals surface area contributed by atoms with Crippen molar-refractivity contribution in [2.24, 2.45) is 0 Å². The third-order valence-corrected chi connectivity index (χ3v) is 7.88. The van der Waals surface area contributed by atoms with E-state index in [2.05, 4.69) is 30.7 Å². The minimum Gasteiger partial charge on any atom is -0.375 e. The Morgan fingerprint density at radius 2 is 2.29 bits per heavy atom. The Hall–Kier alpha value is -2.16. The number of thiazole rings is 1. The third kappa shape index (κ3) is 5.19. The number of amides is 2. The van der Waals surface area contributed by atoms with Crippen molar-refractivity contribution in [1.82, 2.24) is 40.3 Å². The Kier molecular flexibility index (Phi) is 6.79. The van der Waals surface area contributed by atoms with Crippen molar-refractivity contribution >= 4 is 51.8 Å². The van der Waals surface area contributed by atoms with Crippen LogP contribution in [0.3, 0.4) is 0 Å². The first-order valence-electron chi connectivity index (χ1n) is 9.57. The molecule has 1 fully saturated rings. The van der Waals surface area contributed by atoms with Gasteiger partial charge in [0.05, 0.1) is 18.7 Å². The van der Waals surface area contributed by atoms with Crippen LogP contribution in [-0.2, 0) is 22.6 Å². The van der Waals surface area contributed by atoms with Crippen LogP contribution in [0.25, 0.3) is 0 Å². The van der Waals surface area contributed by atoms with Crippen LogP contribution >= 0.6 is 34.9 Å². The standard InChI is InChI=1S/C17H23N9O2S3/c1-24(2)3-4-26-17(21-22-23-26)31-8-10-6-25-14(28)13(15(25)29-7-10)20-12(27)5-11-9-30-16(18)19-11/h6,9,13,15H,3-5,7-8H2,1-2H3,(H2,18,19)(H,20,27)/t13-,15-/m1/s1. The van der Waals surface area contributed by atoms with E-state index in [1.54, 1.807) is 38.5 Å². The minimum atomic E-state index is -0.503. The van der Waals surface area contributed by atoms with Crippen molar-refractivity contribution in [3.05, 3.63) is 22.8 Å². The number of carbonyl (C=O) groups excluding carboxylic acids is 2. The lowest BCUT2D eigenvalue weighted by Crippen LogP contribution is -2.68. The molecule has 0 spiro atoms. The Balaban J connectivity index is 1.28. The number of carbonyl (C=O) groups is 2. The molecule has 0 unspecified atom stereocenters. The van der Waals surface area contributed by atoms with Gasteiger partial charge >= 0.3 is 0 Å². The van der Waals surface area contributed by atoms with E-state index >= 15 is 0 Å². The molecule has 0 aromatic carbocycles. The van der Waals surface area contributed by atoms with Gasteiger partial charge in [0.1, 0.15) is 11.4 Å². The molecule has 2 aromatic rings. The quantitative estimate of drug-likeness (QED) is 0.369. The van der Waals surface area contributed by atoms with Gasteiger partial charge in [-0.15, -0.1) is 28.2 Å². The van der Waals surface area contributed by atoms with E-state index in [9.17, 15) is 9.59 Å². The first kappa shape index (κ1) is 22.0. The summed E-state index contributed by atoms with van der Waals surface area (Å²) < 4.78 is 1.79.